The first-order valence-corrected chi connectivity index (χ1v) is 9.09. The smallest absolute Gasteiger partial charge is 0.122 e. The number of hydrogen-bond donors (Lipinski definition) is 1. The summed E-state index contributed by atoms with van der Waals surface area (Å²) in [6.07, 6.45) is 2.20. The third-order valence-corrected chi connectivity index (χ3v) is 4.03. The molecule has 0 amide bonds. The second-order valence-electron chi connectivity index (χ2n) is 6.05. The molecule has 0 aliphatic rings. The minimum atomic E-state index is 0.527. The molecular weight excluding hydrogens is 322 g/mol. The van der Waals surface area contributed by atoms with E-state index in [9.17, 15) is 0 Å². The summed E-state index contributed by atoms with van der Waals surface area (Å²) in [6, 6.07) is 28.4. The molecule has 0 aromatic heterocycles. The SMILES string of the molecule is c1ccc(CCCNc2ccc(OCCOc3ccccc3)cc2)cc1. The molecule has 0 saturated heterocycles. The third kappa shape index (κ3) is 6.17. The second kappa shape index (κ2) is 10.1. The molecule has 0 saturated carbocycles. The van der Waals surface area contributed by atoms with Crippen LogP contribution < -0.4 is 14.8 Å². The van der Waals surface area contributed by atoms with Gasteiger partial charge in [0.05, 0.1) is 0 Å². The van der Waals surface area contributed by atoms with Crippen molar-refractivity contribution in [3.8, 4) is 11.5 Å². The molecule has 0 unspecified atom stereocenters. The number of nitrogens with one attached hydrogen (secondary N) is 1. The summed E-state index contributed by atoms with van der Waals surface area (Å²) in [5.74, 6) is 1.72. The zero-order valence-electron chi connectivity index (χ0n) is 14.9. The lowest BCUT2D eigenvalue weighted by Crippen LogP contribution is -2.09. The fraction of sp³-hybridized carbons (Fsp3) is 0.217. The third-order valence-electron chi connectivity index (χ3n) is 4.03. The molecule has 3 rings (SSSR count). The number of aryl methyl sites for hydroxylation is 1. The van der Waals surface area contributed by atoms with Crippen molar-refractivity contribution in [3.05, 3.63) is 90.5 Å². The summed E-state index contributed by atoms with van der Waals surface area (Å²) in [6.45, 7) is 2.02. The fourth-order valence-corrected chi connectivity index (χ4v) is 2.67. The van der Waals surface area contributed by atoms with Gasteiger partial charge in [-0.2, -0.15) is 0 Å². The summed E-state index contributed by atoms with van der Waals surface area (Å²) in [5, 5.41) is 3.45. The normalized spacial score (nSPS) is 10.3. The molecule has 0 atom stereocenters. The first-order valence-electron chi connectivity index (χ1n) is 9.09. The van der Waals surface area contributed by atoms with Crippen LogP contribution in [0.5, 0.6) is 11.5 Å². The Morgan fingerprint density at radius 1 is 0.615 bits per heavy atom. The van der Waals surface area contributed by atoms with Crippen molar-refractivity contribution in [2.45, 2.75) is 12.8 Å². The maximum absolute atomic E-state index is 5.71. The molecule has 3 aromatic carbocycles. The van der Waals surface area contributed by atoms with Gasteiger partial charge in [-0.25, -0.2) is 0 Å². The Balaban J connectivity index is 1.31. The first kappa shape index (κ1) is 17.9. The Morgan fingerprint density at radius 3 is 1.85 bits per heavy atom. The van der Waals surface area contributed by atoms with Crippen molar-refractivity contribution in [2.24, 2.45) is 0 Å². The molecule has 0 bridgehead atoms. The van der Waals surface area contributed by atoms with Crippen molar-refractivity contribution in [1.82, 2.24) is 0 Å². The van der Waals surface area contributed by atoms with Gasteiger partial charge in [0.1, 0.15) is 24.7 Å². The van der Waals surface area contributed by atoms with E-state index in [1.54, 1.807) is 0 Å². The summed E-state index contributed by atoms with van der Waals surface area (Å²) >= 11 is 0. The van der Waals surface area contributed by atoms with E-state index in [1.807, 2.05) is 42.5 Å². The van der Waals surface area contributed by atoms with Crippen LogP contribution in [0.1, 0.15) is 12.0 Å². The lowest BCUT2D eigenvalue weighted by molar-refractivity contribution is 0.217. The molecule has 0 aliphatic carbocycles. The van der Waals surface area contributed by atoms with Gasteiger partial charge in [-0.1, -0.05) is 48.5 Å². The topological polar surface area (TPSA) is 30.5 Å². The van der Waals surface area contributed by atoms with Gasteiger partial charge in [-0.05, 0) is 54.8 Å². The molecule has 0 heterocycles. The van der Waals surface area contributed by atoms with Crippen LogP contribution in [-0.2, 0) is 6.42 Å². The van der Waals surface area contributed by atoms with Gasteiger partial charge in [0.2, 0.25) is 0 Å². The van der Waals surface area contributed by atoms with Crippen LogP contribution in [0.15, 0.2) is 84.9 Å². The Bertz CT molecular complexity index is 676. The zero-order chi connectivity index (χ0) is 17.9. The molecule has 0 aliphatic heterocycles. The highest BCUT2D eigenvalue weighted by atomic mass is 16.5. The standard InChI is InChI=1S/C23H25NO2/c1-3-8-20(9-4-1)10-7-17-24-21-13-15-23(16-14-21)26-19-18-25-22-11-5-2-6-12-22/h1-6,8-9,11-16,24H,7,10,17-19H2. The van der Waals surface area contributed by atoms with Crippen molar-refractivity contribution >= 4 is 5.69 Å². The maximum atomic E-state index is 5.71. The van der Waals surface area contributed by atoms with Crippen LogP contribution in [0.3, 0.4) is 0 Å². The van der Waals surface area contributed by atoms with E-state index in [0.29, 0.717) is 13.2 Å². The molecule has 1 N–H and O–H groups in total. The van der Waals surface area contributed by atoms with Crippen LogP contribution in [-0.4, -0.2) is 19.8 Å². The number of para-hydroxylation sites is 1. The Kier molecular flexibility index (Phi) is 6.97. The van der Waals surface area contributed by atoms with Gasteiger partial charge < -0.3 is 14.8 Å². The Morgan fingerprint density at radius 2 is 1.19 bits per heavy atom. The highest BCUT2D eigenvalue weighted by Gasteiger charge is 1.97. The zero-order valence-corrected chi connectivity index (χ0v) is 14.9. The number of rotatable bonds is 10. The van der Waals surface area contributed by atoms with Gasteiger partial charge >= 0.3 is 0 Å². The van der Waals surface area contributed by atoms with Crippen LogP contribution >= 0.6 is 0 Å². The quantitative estimate of drug-likeness (QED) is 0.512. The molecule has 0 radical (unpaired) electrons. The van der Waals surface area contributed by atoms with E-state index in [-0.39, 0.29) is 0 Å². The Labute approximate surface area is 155 Å². The highest BCUT2D eigenvalue weighted by Crippen LogP contribution is 2.16. The van der Waals surface area contributed by atoms with Gasteiger partial charge in [0, 0.05) is 12.2 Å². The molecule has 0 fully saturated rings. The predicted octanol–water partition coefficient (Wildman–Crippen LogP) is 5.19. The average Bonchev–Trinajstić information content (AvgIpc) is 2.71. The molecule has 0 spiro atoms. The summed E-state index contributed by atoms with van der Waals surface area (Å²) < 4.78 is 11.3. The largest absolute Gasteiger partial charge is 0.490 e. The molecule has 26 heavy (non-hydrogen) atoms. The summed E-state index contributed by atoms with van der Waals surface area (Å²) in [5.41, 5.74) is 2.50. The van der Waals surface area contributed by atoms with E-state index < -0.39 is 0 Å². The van der Waals surface area contributed by atoms with Crippen molar-refractivity contribution < 1.29 is 9.47 Å². The van der Waals surface area contributed by atoms with Crippen molar-refractivity contribution in [1.29, 1.82) is 0 Å². The minimum absolute atomic E-state index is 0.527. The lowest BCUT2D eigenvalue weighted by Gasteiger charge is -2.10. The number of anilines is 1. The molecular formula is C23H25NO2. The fourth-order valence-electron chi connectivity index (χ4n) is 2.67. The second-order valence-corrected chi connectivity index (χ2v) is 6.05. The number of benzene rings is 3. The molecule has 3 heteroatoms. The van der Waals surface area contributed by atoms with E-state index in [0.717, 1.165) is 36.6 Å². The number of ether oxygens (including phenoxy) is 2. The van der Waals surface area contributed by atoms with Crippen LogP contribution in [0.25, 0.3) is 0 Å². The predicted molar refractivity (Wildman–Crippen MR) is 107 cm³/mol. The first-order chi connectivity index (χ1) is 12.9. The van der Waals surface area contributed by atoms with Crippen LogP contribution in [0.2, 0.25) is 0 Å². The van der Waals surface area contributed by atoms with Crippen molar-refractivity contribution in [3.63, 3.8) is 0 Å². The van der Waals surface area contributed by atoms with E-state index in [1.165, 1.54) is 5.56 Å². The summed E-state index contributed by atoms with van der Waals surface area (Å²) in [7, 11) is 0. The van der Waals surface area contributed by atoms with E-state index in [4.69, 9.17) is 9.47 Å². The van der Waals surface area contributed by atoms with E-state index >= 15 is 0 Å². The van der Waals surface area contributed by atoms with Gasteiger partial charge in [0.25, 0.3) is 0 Å². The maximum Gasteiger partial charge on any atom is 0.122 e. The van der Waals surface area contributed by atoms with Gasteiger partial charge in [-0.3, -0.25) is 0 Å². The van der Waals surface area contributed by atoms with Crippen LogP contribution in [0.4, 0.5) is 5.69 Å². The Hall–Kier alpha value is -2.94. The van der Waals surface area contributed by atoms with Crippen molar-refractivity contribution in [2.75, 3.05) is 25.1 Å². The number of hydrogen-bond acceptors (Lipinski definition) is 3. The van der Waals surface area contributed by atoms with Crippen LogP contribution in [0, 0.1) is 0 Å². The summed E-state index contributed by atoms with van der Waals surface area (Å²) in [4.78, 5) is 0. The lowest BCUT2D eigenvalue weighted by atomic mass is 10.1. The molecule has 134 valence electrons. The van der Waals surface area contributed by atoms with Gasteiger partial charge in [-0.15, -0.1) is 0 Å². The monoisotopic (exact) mass is 347 g/mol. The molecule has 3 nitrogen and oxygen atoms in total. The van der Waals surface area contributed by atoms with E-state index in [2.05, 4.69) is 47.8 Å². The average molecular weight is 347 g/mol. The molecule has 3 aromatic rings. The van der Waals surface area contributed by atoms with Gasteiger partial charge in [0.15, 0.2) is 0 Å². The minimum Gasteiger partial charge on any atom is -0.490 e. The highest BCUT2D eigenvalue weighted by molar-refractivity contribution is 5.46.